The molecule has 0 aliphatic carbocycles. The van der Waals surface area contributed by atoms with E-state index in [0.717, 1.165) is 62.5 Å². The number of hydrogen-bond acceptors (Lipinski definition) is 6. The first-order valence-corrected chi connectivity index (χ1v) is 11.8. The first-order chi connectivity index (χ1) is 17.5. The smallest absolute Gasteiger partial charge is 0.181 e. The zero-order valence-electron chi connectivity index (χ0n) is 20.4. The van der Waals surface area contributed by atoms with Crippen LogP contribution in [0, 0.1) is 6.92 Å². The Kier molecular flexibility index (Phi) is 5.46. The molecule has 0 unspecified atom stereocenters. The molecule has 5 aromatic heterocycles. The maximum Gasteiger partial charge on any atom is 0.181 e. The molecular weight excluding hydrogens is 452 g/mol. The predicted molar refractivity (Wildman–Crippen MR) is 140 cm³/mol. The molecule has 9 nitrogen and oxygen atoms in total. The van der Waals surface area contributed by atoms with Crippen molar-refractivity contribution in [2.75, 3.05) is 27.2 Å². The van der Waals surface area contributed by atoms with Crippen LogP contribution in [0.25, 0.3) is 50.1 Å². The van der Waals surface area contributed by atoms with Gasteiger partial charge in [-0.15, -0.1) is 0 Å². The highest BCUT2D eigenvalue weighted by Crippen LogP contribution is 2.33. The number of pyridine rings is 2. The maximum absolute atomic E-state index is 5.87. The SMILES string of the molecule is Cc1cn(-c2cccc3[nH]c(-c4[nH]nc5ncc(-c6cncc(OCCN(C)C)c6)cc45)cc23)cn1. The van der Waals surface area contributed by atoms with E-state index in [1.807, 2.05) is 62.6 Å². The minimum atomic E-state index is 0.600. The molecule has 0 aliphatic heterocycles. The fourth-order valence-corrected chi connectivity index (χ4v) is 4.32. The molecule has 9 heteroatoms. The van der Waals surface area contributed by atoms with Crippen molar-refractivity contribution in [2.45, 2.75) is 6.92 Å². The highest BCUT2D eigenvalue weighted by molar-refractivity contribution is 5.98. The molecule has 0 radical (unpaired) electrons. The Morgan fingerprint density at radius 2 is 1.89 bits per heavy atom. The van der Waals surface area contributed by atoms with Gasteiger partial charge in [0.05, 0.1) is 35.3 Å². The molecule has 180 valence electrons. The van der Waals surface area contributed by atoms with Crippen LogP contribution in [0.2, 0.25) is 0 Å². The standard InChI is InChI=1S/C27H26N8O/c1-17-15-35(16-30-17)25-6-4-5-23-21(25)11-24(31-23)26-22-10-19(13-29-27(22)33-32-26)18-9-20(14-28-12-18)36-8-7-34(2)3/h4-6,9-16,31H,7-8H2,1-3H3,(H,29,32,33). The second kappa shape index (κ2) is 8.94. The lowest BCUT2D eigenvalue weighted by molar-refractivity contribution is 0.261. The second-order valence-electron chi connectivity index (χ2n) is 9.10. The number of aromatic amines is 2. The predicted octanol–water partition coefficient (Wildman–Crippen LogP) is 4.60. The normalized spacial score (nSPS) is 11.7. The van der Waals surface area contributed by atoms with Crippen LogP contribution < -0.4 is 4.74 Å². The molecule has 0 saturated carbocycles. The Morgan fingerprint density at radius 3 is 2.72 bits per heavy atom. The minimum Gasteiger partial charge on any atom is -0.491 e. The van der Waals surface area contributed by atoms with E-state index in [1.165, 1.54) is 0 Å². The Labute approximate surface area is 207 Å². The van der Waals surface area contributed by atoms with E-state index in [9.17, 15) is 0 Å². The summed E-state index contributed by atoms with van der Waals surface area (Å²) in [6, 6.07) is 12.4. The van der Waals surface area contributed by atoms with Crippen molar-refractivity contribution >= 4 is 21.9 Å². The van der Waals surface area contributed by atoms with Crippen molar-refractivity contribution in [1.29, 1.82) is 0 Å². The summed E-state index contributed by atoms with van der Waals surface area (Å²) in [6.45, 7) is 3.42. The lowest BCUT2D eigenvalue weighted by atomic mass is 10.1. The van der Waals surface area contributed by atoms with Gasteiger partial charge in [0.2, 0.25) is 0 Å². The van der Waals surface area contributed by atoms with Crippen molar-refractivity contribution in [3.8, 4) is 34.0 Å². The average molecular weight is 479 g/mol. The molecule has 0 fully saturated rings. The quantitative estimate of drug-likeness (QED) is 0.348. The summed E-state index contributed by atoms with van der Waals surface area (Å²) in [5, 5.41) is 9.65. The summed E-state index contributed by atoms with van der Waals surface area (Å²) >= 11 is 0. The molecule has 6 aromatic rings. The molecule has 36 heavy (non-hydrogen) atoms. The Bertz CT molecular complexity index is 1680. The van der Waals surface area contributed by atoms with Gasteiger partial charge in [0, 0.05) is 52.6 Å². The van der Waals surface area contributed by atoms with Gasteiger partial charge in [-0.3, -0.25) is 10.1 Å². The largest absolute Gasteiger partial charge is 0.491 e. The van der Waals surface area contributed by atoms with Crippen LogP contribution in [0.3, 0.4) is 0 Å². The summed E-state index contributed by atoms with van der Waals surface area (Å²) < 4.78 is 7.92. The zero-order valence-corrected chi connectivity index (χ0v) is 20.4. The first-order valence-electron chi connectivity index (χ1n) is 11.8. The Morgan fingerprint density at radius 1 is 1.00 bits per heavy atom. The maximum atomic E-state index is 5.87. The average Bonchev–Trinajstić information content (AvgIpc) is 3.61. The van der Waals surface area contributed by atoms with Crippen molar-refractivity contribution in [1.82, 2.24) is 39.6 Å². The van der Waals surface area contributed by atoms with Crippen molar-refractivity contribution < 1.29 is 4.74 Å². The number of nitrogens with one attached hydrogen (secondary N) is 2. The van der Waals surface area contributed by atoms with Crippen LogP contribution in [-0.4, -0.2) is 66.8 Å². The molecule has 2 N–H and O–H groups in total. The van der Waals surface area contributed by atoms with Gasteiger partial charge >= 0.3 is 0 Å². The number of ether oxygens (including phenoxy) is 1. The highest BCUT2D eigenvalue weighted by atomic mass is 16.5. The molecule has 0 aliphatic rings. The topological polar surface area (TPSA) is 101 Å². The number of imidazole rings is 1. The van der Waals surface area contributed by atoms with E-state index in [1.54, 1.807) is 6.20 Å². The Hall–Kier alpha value is -4.50. The number of H-pyrrole nitrogens is 2. The lowest BCUT2D eigenvalue weighted by Gasteiger charge is -2.11. The van der Waals surface area contributed by atoms with E-state index in [-0.39, 0.29) is 0 Å². The summed E-state index contributed by atoms with van der Waals surface area (Å²) in [5.74, 6) is 0.736. The van der Waals surface area contributed by atoms with Gasteiger partial charge in [-0.2, -0.15) is 5.10 Å². The van der Waals surface area contributed by atoms with E-state index in [4.69, 9.17) is 4.74 Å². The summed E-state index contributed by atoms with van der Waals surface area (Å²) in [4.78, 5) is 19.0. The molecule has 0 amide bonds. The zero-order chi connectivity index (χ0) is 24.6. The third kappa shape index (κ3) is 4.09. The number of benzene rings is 1. The van der Waals surface area contributed by atoms with Crippen LogP contribution in [0.15, 0.2) is 67.5 Å². The van der Waals surface area contributed by atoms with Crippen LogP contribution >= 0.6 is 0 Å². The van der Waals surface area contributed by atoms with E-state index >= 15 is 0 Å². The van der Waals surface area contributed by atoms with Crippen LogP contribution in [0.1, 0.15) is 5.69 Å². The number of nitrogens with zero attached hydrogens (tertiary/aromatic N) is 6. The van der Waals surface area contributed by atoms with Gasteiger partial charge in [-0.1, -0.05) is 6.07 Å². The highest BCUT2D eigenvalue weighted by Gasteiger charge is 2.15. The van der Waals surface area contributed by atoms with E-state index in [2.05, 4.69) is 59.3 Å². The molecule has 0 saturated heterocycles. The van der Waals surface area contributed by atoms with Gasteiger partial charge in [-0.25, -0.2) is 9.97 Å². The summed E-state index contributed by atoms with van der Waals surface area (Å²) in [7, 11) is 4.04. The molecular formula is C27H26N8O. The molecule has 5 heterocycles. The number of aryl methyl sites for hydroxylation is 1. The molecule has 0 atom stereocenters. The van der Waals surface area contributed by atoms with Gasteiger partial charge in [-0.05, 0) is 51.4 Å². The van der Waals surface area contributed by atoms with E-state index < -0.39 is 0 Å². The van der Waals surface area contributed by atoms with Gasteiger partial charge in [0.15, 0.2) is 5.65 Å². The third-order valence-electron chi connectivity index (χ3n) is 6.16. The Balaban J connectivity index is 1.37. The molecule has 1 aromatic carbocycles. The third-order valence-corrected chi connectivity index (χ3v) is 6.16. The molecule has 0 bridgehead atoms. The minimum absolute atomic E-state index is 0.600. The van der Waals surface area contributed by atoms with Crippen LogP contribution in [-0.2, 0) is 0 Å². The van der Waals surface area contributed by atoms with Crippen LogP contribution in [0.5, 0.6) is 5.75 Å². The number of rotatable bonds is 7. The summed E-state index contributed by atoms with van der Waals surface area (Å²) in [6.07, 6.45) is 9.24. The summed E-state index contributed by atoms with van der Waals surface area (Å²) in [5.41, 5.74) is 7.44. The fraction of sp³-hybridized carbons (Fsp3) is 0.185. The first kappa shape index (κ1) is 22.0. The number of likely N-dealkylation sites (N-methyl/N-ethyl adjacent to an activating group) is 1. The molecule has 0 spiro atoms. The van der Waals surface area contributed by atoms with E-state index in [0.29, 0.717) is 12.3 Å². The van der Waals surface area contributed by atoms with Crippen molar-refractivity contribution in [3.63, 3.8) is 0 Å². The van der Waals surface area contributed by atoms with Crippen molar-refractivity contribution in [2.24, 2.45) is 0 Å². The van der Waals surface area contributed by atoms with Gasteiger partial charge in [0.1, 0.15) is 12.4 Å². The monoisotopic (exact) mass is 478 g/mol. The van der Waals surface area contributed by atoms with Crippen molar-refractivity contribution in [3.05, 3.63) is 73.2 Å². The number of aromatic nitrogens is 7. The lowest BCUT2D eigenvalue weighted by Crippen LogP contribution is -2.19. The van der Waals surface area contributed by atoms with Crippen LogP contribution in [0.4, 0.5) is 0 Å². The second-order valence-corrected chi connectivity index (χ2v) is 9.10. The number of fused-ring (bicyclic) bond motifs is 2. The van der Waals surface area contributed by atoms with Gasteiger partial charge < -0.3 is 19.2 Å². The molecule has 6 rings (SSSR count). The number of hydrogen-bond donors (Lipinski definition) is 2. The van der Waals surface area contributed by atoms with Gasteiger partial charge in [0.25, 0.3) is 0 Å². The fourth-order valence-electron chi connectivity index (χ4n) is 4.32.